The molecule has 0 bridgehead atoms. The van der Waals surface area contributed by atoms with E-state index in [9.17, 15) is 13.9 Å². The summed E-state index contributed by atoms with van der Waals surface area (Å²) in [5.74, 6) is -1.67. The maximum atomic E-state index is 13.3. The number of aromatic hydroxyl groups is 1. The van der Waals surface area contributed by atoms with Gasteiger partial charge in [0.05, 0.1) is 0 Å². The van der Waals surface area contributed by atoms with Gasteiger partial charge in [0.15, 0.2) is 11.6 Å². The fourth-order valence-corrected chi connectivity index (χ4v) is 1.58. The van der Waals surface area contributed by atoms with Gasteiger partial charge in [-0.1, -0.05) is 19.9 Å². The van der Waals surface area contributed by atoms with Crippen LogP contribution in [0.1, 0.15) is 19.4 Å². The van der Waals surface area contributed by atoms with Crippen LogP contribution in [0.2, 0.25) is 0 Å². The summed E-state index contributed by atoms with van der Waals surface area (Å²) in [5, 5.41) is 9.98. The number of hydrogen-bond donors (Lipinski definition) is 1. The number of aryl methyl sites for hydroxylation is 1. The molecule has 0 radical (unpaired) electrons. The zero-order valence-corrected chi connectivity index (χ0v) is 9.51. The molecule has 0 amide bonds. The molecule has 0 aliphatic rings. The van der Waals surface area contributed by atoms with Crippen molar-refractivity contribution in [3.63, 3.8) is 0 Å². The minimum Gasteiger partial charge on any atom is -0.508 e. The SMILES string of the molecule is CC.Cc1cc(O)cc2ccc(F)c(F)c12. The van der Waals surface area contributed by atoms with Gasteiger partial charge < -0.3 is 5.11 Å². The number of rotatable bonds is 0. The molecule has 0 saturated heterocycles. The molecule has 0 atom stereocenters. The zero-order valence-electron chi connectivity index (χ0n) is 9.51. The van der Waals surface area contributed by atoms with Crippen molar-refractivity contribution >= 4 is 10.8 Å². The Morgan fingerprint density at radius 1 is 1.06 bits per heavy atom. The predicted octanol–water partition coefficient (Wildman–Crippen LogP) is 4.16. The average Bonchev–Trinajstić information content (AvgIpc) is 2.26. The predicted molar refractivity (Wildman–Crippen MR) is 61.6 cm³/mol. The van der Waals surface area contributed by atoms with Crippen LogP contribution >= 0.6 is 0 Å². The van der Waals surface area contributed by atoms with Crippen LogP contribution in [0, 0.1) is 18.6 Å². The lowest BCUT2D eigenvalue weighted by atomic mass is 10.0. The summed E-state index contributed by atoms with van der Waals surface area (Å²) in [7, 11) is 0. The third-order valence-electron chi connectivity index (χ3n) is 2.19. The Labute approximate surface area is 93.3 Å². The van der Waals surface area contributed by atoms with Crippen LogP contribution in [-0.4, -0.2) is 5.11 Å². The van der Waals surface area contributed by atoms with Gasteiger partial charge in [-0.2, -0.15) is 0 Å². The second kappa shape index (κ2) is 4.92. The van der Waals surface area contributed by atoms with Gasteiger partial charge in [-0.15, -0.1) is 0 Å². The summed E-state index contributed by atoms with van der Waals surface area (Å²) < 4.78 is 26.2. The first kappa shape index (κ1) is 12.4. The minimum absolute atomic E-state index is 0.0565. The standard InChI is InChI=1S/C11H8F2O.C2H6/c1-6-4-8(14)5-7-2-3-9(12)11(13)10(6)7;1-2/h2-5,14H,1H3;1-2H3. The smallest absolute Gasteiger partial charge is 0.166 e. The summed E-state index contributed by atoms with van der Waals surface area (Å²) in [6, 6.07) is 5.31. The maximum Gasteiger partial charge on any atom is 0.166 e. The van der Waals surface area contributed by atoms with Gasteiger partial charge in [0.1, 0.15) is 5.75 Å². The number of fused-ring (bicyclic) bond motifs is 1. The molecule has 0 unspecified atom stereocenters. The molecule has 1 nitrogen and oxygen atoms in total. The van der Waals surface area contributed by atoms with Crippen LogP contribution in [-0.2, 0) is 0 Å². The highest BCUT2D eigenvalue weighted by Gasteiger charge is 2.09. The van der Waals surface area contributed by atoms with E-state index in [1.165, 1.54) is 18.2 Å². The Kier molecular flexibility index (Phi) is 3.82. The molecule has 0 aliphatic heterocycles. The number of phenols is 1. The molecule has 0 aliphatic carbocycles. The van der Waals surface area contributed by atoms with Crippen molar-refractivity contribution in [2.75, 3.05) is 0 Å². The van der Waals surface area contributed by atoms with Crippen LogP contribution < -0.4 is 0 Å². The van der Waals surface area contributed by atoms with Gasteiger partial charge in [-0.25, -0.2) is 8.78 Å². The van der Waals surface area contributed by atoms with Crippen molar-refractivity contribution in [3.05, 3.63) is 41.5 Å². The fourth-order valence-electron chi connectivity index (χ4n) is 1.58. The van der Waals surface area contributed by atoms with Crippen molar-refractivity contribution in [2.24, 2.45) is 0 Å². The van der Waals surface area contributed by atoms with E-state index in [0.29, 0.717) is 10.9 Å². The van der Waals surface area contributed by atoms with E-state index >= 15 is 0 Å². The lowest BCUT2D eigenvalue weighted by Crippen LogP contribution is -1.88. The molecule has 0 saturated carbocycles. The van der Waals surface area contributed by atoms with Crippen molar-refractivity contribution in [1.29, 1.82) is 0 Å². The number of halogens is 2. The molecule has 16 heavy (non-hydrogen) atoms. The third kappa shape index (κ3) is 2.13. The lowest BCUT2D eigenvalue weighted by molar-refractivity contribution is 0.475. The molecule has 2 aromatic carbocycles. The van der Waals surface area contributed by atoms with E-state index in [1.807, 2.05) is 13.8 Å². The summed E-state index contributed by atoms with van der Waals surface area (Å²) in [5.41, 5.74) is 0.525. The number of phenolic OH excluding ortho intramolecular Hbond substituents is 1. The highest BCUT2D eigenvalue weighted by molar-refractivity contribution is 5.87. The monoisotopic (exact) mass is 224 g/mol. The second-order valence-corrected chi connectivity index (χ2v) is 3.22. The number of benzene rings is 2. The van der Waals surface area contributed by atoms with E-state index in [-0.39, 0.29) is 11.1 Å². The van der Waals surface area contributed by atoms with Gasteiger partial charge in [-0.3, -0.25) is 0 Å². The van der Waals surface area contributed by atoms with Crippen molar-refractivity contribution in [3.8, 4) is 5.75 Å². The summed E-state index contributed by atoms with van der Waals surface area (Å²) in [4.78, 5) is 0. The highest BCUT2D eigenvalue weighted by Crippen LogP contribution is 2.27. The van der Waals surface area contributed by atoms with Crippen LogP contribution in [0.3, 0.4) is 0 Å². The van der Waals surface area contributed by atoms with E-state index < -0.39 is 11.6 Å². The van der Waals surface area contributed by atoms with Crippen molar-refractivity contribution < 1.29 is 13.9 Å². The lowest BCUT2D eigenvalue weighted by Gasteiger charge is -2.05. The Balaban J connectivity index is 0.000000606. The summed E-state index contributed by atoms with van der Waals surface area (Å²) in [6.45, 7) is 5.63. The Morgan fingerprint density at radius 2 is 1.69 bits per heavy atom. The van der Waals surface area contributed by atoms with Crippen molar-refractivity contribution in [1.82, 2.24) is 0 Å². The Hall–Kier alpha value is -1.64. The van der Waals surface area contributed by atoms with Crippen molar-refractivity contribution in [2.45, 2.75) is 20.8 Å². The number of hydrogen-bond acceptors (Lipinski definition) is 1. The Morgan fingerprint density at radius 3 is 2.31 bits per heavy atom. The average molecular weight is 224 g/mol. The van der Waals surface area contributed by atoms with Crippen LogP contribution in [0.25, 0.3) is 10.8 Å². The molecule has 3 heteroatoms. The van der Waals surface area contributed by atoms with Crippen LogP contribution in [0.4, 0.5) is 8.78 Å². The quantitative estimate of drug-likeness (QED) is 0.712. The molecule has 2 rings (SSSR count). The van der Waals surface area contributed by atoms with Gasteiger partial charge in [-0.05, 0) is 36.1 Å². The summed E-state index contributed by atoms with van der Waals surface area (Å²) >= 11 is 0. The van der Waals surface area contributed by atoms with Gasteiger partial charge >= 0.3 is 0 Å². The van der Waals surface area contributed by atoms with E-state index in [4.69, 9.17) is 0 Å². The first-order valence-electron chi connectivity index (χ1n) is 5.17. The van der Waals surface area contributed by atoms with Crippen LogP contribution in [0.5, 0.6) is 5.75 Å². The minimum atomic E-state index is -0.869. The topological polar surface area (TPSA) is 20.2 Å². The third-order valence-corrected chi connectivity index (χ3v) is 2.19. The van der Waals surface area contributed by atoms with E-state index in [0.717, 1.165) is 6.07 Å². The normalized spacial score (nSPS) is 9.81. The molecular formula is C13H14F2O. The van der Waals surface area contributed by atoms with E-state index in [1.54, 1.807) is 6.92 Å². The first-order valence-corrected chi connectivity index (χ1v) is 5.17. The maximum absolute atomic E-state index is 13.3. The second-order valence-electron chi connectivity index (χ2n) is 3.22. The fraction of sp³-hybridized carbons (Fsp3) is 0.231. The largest absolute Gasteiger partial charge is 0.508 e. The van der Waals surface area contributed by atoms with Gasteiger partial charge in [0.25, 0.3) is 0 Å². The van der Waals surface area contributed by atoms with E-state index in [2.05, 4.69) is 0 Å². The molecule has 1 N–H and O–H groups in total. The molecular weight excluding hydrogens is 210 g/mol. The van der Waals surface area contributed by atoms with Crippen LogP contribution in [0.15, 0.2) is 24.3 Å². The molecule has 2 aromatic rings. The van der Waals surface area contributed by atoms with Gasteiger partial charge in [0, 0.05) is 5.39 Å². The molecule has 0 spiro atoms. The molecule has 0 fully saturated rings. The first-order chi connectivity index (χ1) is 7.59. The molecule has 86 valence electrons. The molecule has 0 aromatic heterocycles. The highest BCUT2D eigenvalue weighted by atomic mass is 19.2. The summed E-state index contributed by atoms with van der Waals surface area (Å²) in [6.07, 6.45) is 0. The molecule has 0 heterocycles. The zero-order chi connectivity index (χ0) is 12.3. The Bertz CT molecular complexity index is 507. The van der Waals surface area contributed by atoms with Gasteiger partial charge in [0.2, 0.25) is 0 Å².